The SMILES string of the molecule is CCS(=O)(=O)CCC1(CNC)CCOC1. The van der Waals surface area contributed by atoms with Gasteiger partial charge in [0.15, 0.2) is 0 Å². The third kappa shape index (κ3) is 3.74. The lowest BCUT2D eigenvalue weighted by Gasteiger charge is -2.26. The van der Waals surface area contributed by atoms with Gasteiger partial charge in [-0.25, -0.2) is 8.42 Å². The predicted molar refractivity (Wildman–Crippen MR) is 60.7 cm³/mol. The molecule has 5 heteroatoms. The van der Waals surface area contributed by atoms with Gasteiger partial charge in [-0.2, -0.15) is 0 Å². The first-order valence-corrected chi connectivity index (χ1v) is 7.28. The Balaban J connectivity index is 2.52. The van der Waals surface area contributed by atoms with Crippen LogP contribution < -0.4 is 5.32 Å². The highest BCUT2D eigenvalue weighted by Gasteiger charge is 2.35. The first-order valence-electron chi connectivity index (χ1n) is 5.46. The predicted octanol–water partition coefficient (Wildman–Crippen LogP) is 0.437. The molecule has 1 heterocycles. The molecule has 0 amide bonds. The average molecular weight is 235 g/mol. The van der Waals surface area contributed by atoms with Gasteiger partial charge in [0.2, 0.25) is 0 Å². The normalized spacial score (nSPS) is 27.1. The van der Waals surface area contributed by atoms with Gasteiger partial charge in [0.25, 0.3) is 0 Å². The Morgan fingerprint density at radius 3 is 2.67 bits per heavy atom. The van der Waals surface area contributed by atoms with Gasteiger partial charge in [-0.15, -0.1) is 0 Å². The lowest BCUT2D eigenvalue weighted by molar-refractivity contribution is 0.149. The molecule has 15 heavy (non-hydrogen) atoms. The Morgan fingerprint density at radius 1 is 1.47 bits per heavy atom. The monoisotopic (exact) mass is 235 g/mol. The van der Waals surface area contributed by atoms with Crippen LogP contribution >= 0.6 is 0 Å². The number of ether oxygens (including phenoxy) is 1. The van der Waals surface area contributed by atoms with E-state index in [1.165, 1.54) is 0 Å². The molecule has 90 valence electrons. The van der Waals surface area contributed by atoms with Gasteiger partial charge in [0.05, 0.1) is 12.4 Å². The van der Waals surface area contributed by atoms with Crippen LogP contribution in [0.15, 0.2) is 0 Å². The molecule has 1 aliphatic rings. The van der Waals surface area contributed by atoms with E-state index in [1.54, 1.807) is 6.92 Å². The minimum absolute atomic E-state index is 0.0387. The molecule has 0 aliphatic carbocycles. The smallest absolute Gasteiger partial charge is 0.150 e. The Morgan fingerprint density at radius 2 is 2.20 bits per heavy atom. The summed E-state index contributed by atoms with van der Waals surface area (Å²) < 4.78 is 28.3. The van der Waals surface area contributed by atoms with Gasteiger partial charge in [-0.05, 0) is 19.9 Å². The summed E-state index contributed by atoms with van der Waals surface area (Å²) in [7, 11) is -0.950. The zero-order valence-electron chi connectivity index (χ0n) is 9.58. The Labute approximate surface area is 92.3 Å². The standard InChI is InChI=1S/C10H21NO3S/c1-3-15(12,13)7-5-10(8-11-2)4-6-14-9-10/h11H,3-9H2,1-2H3. The van der Waals surface area contributed by atoms with E-state index in [9.17, 15) is 8.42 Å². The Bertz CT molecular complexity index is 281. The van der Waals surface area contributed by atoms with E-state index in [0.717, 1.165) is 19.6 Å². The molecule has 1 unspecified atom stereocenters. The van der Waals surface area contributed by atoms with Gasteiger partial charge in [0.1, 0.15) is 9.84 Å². The second-order valence-corrected chi connectivity index (χ2v) is 6.79. The maximum atomic E-state index is 11.4. The van der Waals surface area contributed by atoms with Crippen molar-refractivity contribution in [2.75, 3.05) is 38.3 Å². The van der Waals surface area contributed by atoms with Crippen LogP contribution in [0.3, 0.4) is 0 Å². The summed E-state index contributed by atoms with van der Waals surface area (Å²) >= 11 is 0. The molecule has 0 aromatic heterocycles. The van der Waals surface area contributed by atoms with Gasteiger partial charge in [-0.3, -0.25) is 0 Å². The molecule has 0 saturated carbocycles. The quantitative estimate of drug-likeness (QED) is 0.726. The van der Waals surface area contributed by atoms with Crippen molar-refractivity contribution in [3.8, 4) is 0 Å². The van der Waals surface area contributed by atoms with E-state index < -0.39 is 9.84 Å². The molecule has 1 atom stereocenters. The lowest BCUT2D eigenvalue weighted by atomic mass is 9.84. The van der Waals surface area contributed by atoms with Crippen LogP contribution in [-0.2, 0) is 14.6 Å². The molecule has 1 saturated heterocycles. The zero-order valence-corrected chi connectivity index (χ0v) is 10.4. The lowest BCUT2D eigenvalue weighted by Crippen LogP contribution is -2.35. The minimum atomic E-state index is -2.85. The molecule has 0 aromatic carbocycles. The van der Waals surface area contributed by atoms with E-state index in [4.69, 9.17) is 4.74 Å². The van der Waals surface area contributed by atoms with Crippen molar-refractivity contribution >= 4 is 9.84 Å². The fraction of sp³-hybridized carbons (Fsp3) is 1.00. The van der Waals surface area contributed by atoms with E-state index in [0.29, 0.717) is 13.0 Å². The summed E-state index contributed by atoms with van der Waals surface area (Å²) in [5.41, 5.74) is 0.0387. The van der Waals surface area contributed by atoms with E-state index in [2.05, 4.69) is 5.32 Å². The van der Waals surface area contributed by atoms with Crippen LogP contribution in [-0.4, -0.2) is 46.7 Å². The number of nitrogens with one attached hydrogen (secondary N) is 1. The fourth-order valence-electron chi connectivity index (χ4n) is 1.97. The van der Waals surface area contributed by atoms with Gasteiger partial charge in [0, 0.05) is 24.3 Å². The summed E-state index contributed by atoms with van der Waals surface area (Å²) in [5.74, 6) is 0.526. The maximum Gasteiger partial charge on any atom is 0.150 e. The second kappa shape index (κ2) is 5.27. The molecule has 1 N–H and O–H groups in total. The molecule has 1 fully saturated rings. The molecule has 0 radical (unpaired) electrons. The Kier molecular flexibility index (Phi) is 4.55. The van der Waals surface area contributed by atoms with Crippen LogP contribution in [0.25, 0.3) is 0 Å². The first kappa shape index (κ1) is 12.9. The van der Waals surface area contributed by atoms with Crippen LogP contribution in [0.5, 0.6) is 0 Å². The van der Waals surface area contributed by atoms with Crippen molar-refractivity contribution in [1.29, 1.82) is 0 Å². The maximum absolute atomic E-state index is 11.4. The van der Waals surface area contributed by atoms with E-state index in [1.807, 2.05) is 7.05 Å². The molecular formula is C10H21NO3S. The van der Waals surface area contributed by atoms with Crippen molar-refractivity contribution in [3.05, 3.63) is 0 Å². The third-order valence-corrected chi connectivity index (χ3v) is 4.83. The van der Waals surface area contributed by atoms with Crippen molar-refractivity contribution in [1.82, 2.24) is 5.32 Å². The largest absolute Gasteiger partial charge is 0.381 e. The van der Waals surface area contributed by atoms with Crippen LogP contribution in [0.4, 0.5) is 0 Å². The van der Waals surface area contributed by atoms with E-state index >= 15 is 0 Å². The molecule has 1 aliphatic heterocycles. The third-order valence-electron chi connectivity index (χ3n) is 3.12. The van der Waals surface area contributed by atoms with Gasteiger partial charge >= 0.3 is 0 Å². The summed E-state index contributed by atoms with van der Waals surface area (Å²) in [6, 6.07) is 0. The average Bonchev–Trinajstić information content (AvgIpc) is 2.65. The number of rotatable bonds is 6. The summed E-state index contributed by atoms with van der Waals surface area (Å²) in [6.07, 6.45) is 1.68. The summed E-state index contributed by atoms with van der Waals surface area (Å²) in [4.78, 5) is 0. The highest BCUT2D eigenvalue weighted by Crippen LogP contribution is 2.32. The van der Waals surface area contributed by atoms with Crippen LogP contribution in [0, 0.1) is 5.41 Å². The first-order chi connectivity index (χ1) is 7.04. The second-order valence-electron chi connectivity index (χ2n) is 4.32. The van der Waals surface area contributed by atoms with Crippen LogP contribution in [0.1, 0.15) is 19.8 Å². The van der Waals surface area contributed by atoms with Gasteiger partial charge in [-0.1, -0.05) is 6.92 Å². The van der Waals surface area contributed by atoms with Crippen molar-refractivity contribution in [3.63, 3.8) is 0 Å². The highest BCUT2D eigenvalue weighted by molar-refractivity contribution is 7.91. The fourth-order valence-corrected chi connectivity index (χ4v) is 3.00. The molecular weight excluding hydrogens is 214 g/mol. The topological polar surface area (TPSA) is 55.4 Å². The van der Waals surface area contributed by atoms with Crippen LogP contribution in [0.2, 0.25) is 0 Å². The molecule has 4 nitrogen and oxygen atoms in total. The summed E-state index contributed by atoms with van der Waals surface area (Å²) in [5, 5.41) is 3.13. The van der Waals surface area contributed by atoms with Crippen molar-refractivity contribution in [2.24, 2.45) is 5.41 Å². The zero-order chi connectivity index (χ0) is 11.4. The number of hydrogen-bond donors (Lipinski definition) is 1. The van der Waals surface area contributed by atoms with Gasteiger partial charge < -0.3 is 10.1 Å². The number of sulfone groups is 1. The van der Waals surface area contributed by atoms with E-state index in [-0.39, 0.29) is 16.9 Å². The molecule has 0 bridgehead atoms. The van der Waals surface area contributed by atoms with Crippen molar-refractivity contribution < 1.29 is 13.2 Å². The molecule has 1 rings (SSSR count). The minimum Gasteiger partial charge on any atom is -0.381 e. The molecule has 0 spiro atoms. The van der Waals surface area contributed by atoms with Crippen molar-refractivity contribution in [2.45, 2.75) is 19.8 Å². The highest BCUT2D eigenvalue weighted by atomic mass is 32.2. The Hall–Kier alpha value is -0.130. The summed E-state index contributed by atoms with van der Waals surface area (Å²) in [6.45, 7) is 3.98. The number of hydrogen-bond acceptors (Lipinski definition) is 4. The molecule has 0 aromatic rings.